The van der Waals surface area contributed by atoms with E-state index in [0.29, 0.717) is 22.9 Å². The predicted octanol–water partition coefficient (Wildman–Crippen LogP) is 3.30. The number of hydrogen-bond acceptors (Lipinski definition) is 5. The summed E-state index contributed by atoms with van der Waals surface area (Å²) < 4.78 is 11.2. The van der Waals surface area contributed by atoms with Crippen LogP contribution in [-0.2, 0) is 0 Å². The number of aromatic nitrogens is 1. The number of aryl methyl sites for hydroxylation is 1. The number of rotatable bonds is 4. The van der Waals surface area contributed by atoms with Crippen LogP contribution in [-0.4, -0.2) is 30.2 Å². The molecular weight excluding hydrogens is 394 g/mol. The Bertz CT molecular complexity index is 761. The summed E-state index contributed by atoms with van der Waals surface area (Å²) in [6, 6.07) is 8.49. The molecule has 0 saturated heterocycles. The van der Waals surface area contributed by atoms with Gasteiger partial charge in [0.05, 0.1) is 19.9 Å². The van der Waals surface area contributed by atoms with Gasteiger partial charge in [-0.2, -0.15) is 0 Å². The van der Waals surface area contributed by atoms with Crippen molar-refractivity contribution in [3.05, 3.63) is 46.1 Å². The van der Waals surface area contributed by atoms with E-state index in [1.165, 1.54) is 14.2 Å². The molecule has 2 rings (SSSR count). The van der Waals surface area contributed by atoms with Gasteiger partial charge in [0.2, 0.25) is 0 Å². The number of nitrogens with zero attached hydrogens (tertiary/aromatic N) is 1. The van der Waals surface area contributed by atoms with Crippen molar-refractivity contribution in [3.8, 4) is 11.5 Å². The van der Waals surface area contributed by atoms with Crippen LogP contribution in [0, 0.1) is 6.92 Å². The minimum Gasteiger partial charge on any atom is -0.497 e. The lowest BCUT2D eigenvalue weighted by Crippen LogP contribution is -2.34. The molecule has 0 bridgehead atoms. The average molecular weight is 410 g/mol. The van der Waals surface area contributed by atoms with Gasteiger partial charge in [-0.1, -0.05) is 0 Å². The van der Waals surface area contributed by atoms with E-state index in [0.717, 1.165) is 10.2 Å². The van der Waals surface area contributed by atoms with Gasteiger partial charge in [0.25, 0.3) is 5.91 Å². The maximum atomic E-state index is 12.3. The van der Waals surface area contributed by atoms with Gasteiger partial charge in [-0.15, -0.1) is 0 Å². The third-order valence-corrected chi connectivity index (χ3v) is 4.15. The van der Waals surface area contributed by atoms with Crippen LogP contribution < -0.4 is 20.1 Å². The molecule has 0 unspecified atom stereocenters. The molecule has 0 fully saturated rings. The molecule has 0 aliphatic carbocycles. The van der Waals surface area contributed by atoms with E-state index in [4.69, 9.17) is 21.7 Å². The first-order valence-corrected chi connectivity index (χ1v) is 8.11. The van der Waals surface area contributed by atoms with Crippen LogP contribution in [0.5, 0.6) is 11.5 Å². The molecule has 1 amide bonds. The molecule has 2 aromatic rings. The van der Waals surface area contributed by atoms with Crippen LogP contribution in [0.25, 0.3) is 0 Å². The number of pyridine rings is 1. The highest BCUT2D eigenvalue weighted by molar-refractivity contribution is 9.10. The summed E-state index contributed by atoms with van der Waals surface area (Å²) in [5, 5.41) is 5.62. The quantitative estimate of drug-likeness (QED) is 0.754. The van der Waals surface area contributed by atoms with Crippen molar-refractivity contribution < 1.29 is 14.3 Å². The van der Waals surface area contributed by atoms with Gasteiger partial charge >= 0.3 is 0 Å². The molecule has 6 nitrogen and oxygen atoms in total. The zero-order chi connectivity index (χ0) is 17.7. The Hall–Kier alpha value is -2.19. The number of nitrogens with one attached hydrogen (secondary N) is 2. The first kappa shape index (κ1) is 18.2. The topological polar surface area (TPSA) is 72.5 Å². The number of methoxy groups -OCH3 is 2. The van der Waals surface area contributed by atoms with Crippen molar-refractivity contribution in [1.29, 1.82) is 0 Å². The SMILES string of the molecule is COc1cc(OC)cc(C(=O)NC(=S)Nc2ccc(Br)c(C)n2)c1. The third kappa shape index (κ3) is 4.65. The van der Waals surface area contributed by atoms with Gasteiger partial charge in [-0.3, -0.25) is 10.1 Å². The largest absolute Gasteiger partial charge is 0.497 e. The molecule has 0 radical (unpaired) electrons. The van der Waals surface area contributed by atoms with Crippen LogP contribution >= 0.6 is 28.1 Å². The van der Waals surface area contributed by atoms with Crippen molar-refractivity contribution in [3.63, 3.8) is 0 Å². The van der Waals surface area contributed by atoms with Gasteiger partial charge in [-0.25, -0.2) is 4.98 Å². The fourth-order valence-corrected chi connectivity index (χ4v) is 2.29. The van der Waals surface area contributed by atoms with Gasteiger partial charge in [0.15, 0.2) is 5.11 Å². The van der Waals surface area contributed by atoms with Crippen molar-refractivity contribution in [2.45, 2.75) is 6.92 Å². The summed E-state index contributed by atoms with van der Waals surface area (Å²) in [6.07, 6.45) is 0. The highest BCUT2D eigenvalue weighted by Crippen LogP contribution is 2.22. The lowest BCUT2D eigenvalue weighted by Gasteiger charge is -2.11. The molecular formula is C16H16BrN3O3S. The van der Waals surface area contributed by atoms with E-state index >= 15 is 0 Å². The first-order chi connectivity index (χ1) is 11.4. The zero-order valence-electron chi connectivity index (χ0n) is 13.3. The molecule has 0 saturated carbocycles. The number of carbonyl (C=O) groups excluding carboxylic acids is 1. The molecule has 1 aromatic carbocycles. The molecule has 8 heteroatoms. The standard InChI is InChI=1S/C16H16BrN3O3S/c1-9-13(17)4-5-14(18-9)19-16(24)20-15(21)10-6-11(22-2)8-12(7-10)23-3/h4-8H,1-3H3,(H2,18,19,20,21,24). The number of halogens is 1. The van der Waals surface area contributed by atoms with Gasteiger partial charge in [-0.05, 0) is 59.3 Å². The number of amides is 1. The average Bonchev–Trinajstić information content (AvgIpc) is 2.57. The molecule has 1 aromatic heterocycles. The molecule has 0 aliphatic heterocycles. The number of carbonyl (C=O) groups is 1. The zero-order valence-corrected chi connectivity index (χ0v) is 15.7. The summed E-state index contributed by atoms with van der Waals surface area (Å²) in [4.78, 5) is 16.6. The van der Waals surface area contributed by atoms with Gasteiger partial charge in [0.1, 0.15) is 17.3 Å². The van der Waals surface area contributed by atoms with Crippen LogP contribution in [0.15, 0.2) is 34.8 Å². The second kappa shape index (κ2) is 8.07. The van der Waals surface area contributed by atoms with Crippen LogP contribution in [0.4, 0.5) is 5.82 Å². The van der Waals surface area contributed by atoms with E-state index in [-0.39, 0.29) is 11.0 Å². The maximum Gasteiger partial charge on any atom is 0.257 e. The number of benzene rings is 1. The summed E-state index contributed by atoms with van der Waals surface area (Å²) >= 11 is 8.53. The van der Waals surface area contributed by atoms with Crippen molar-refractivity contribution in [1.82, 2.24) is 10.3 Å². The highest BCUT2D eigenvalue weighted by atomic mass is 79.9. The lowest BCUT2D eigenvalue weighted by atomic mass is 10.2. The Balaban J connectivity index is 2.08. The number of ether oxygens (including phenoxy) is 2. The van der Waals surface area contributed by atoms with Gasteiger partial charge < -0.3 is 14.8 Å². The Morgan fingerprint density at radius 3 is 2.33 bits per heavy atom. The fourth-order valence-electron chi connectivity index (χ4n) is 1.88. The molecule has 0 atom stereocenters. The minimum absolute atomic E-state index is 0.149. The molecule has 0 aliphatic rings. The second-order valence-corrected chi connectivity index (χ2v) is 6.04. The molecule has 1 heterocycles. The summed E-state index contributed by atoms with van der Waals surface area (Å²) in [7, 11) is 3.04. The summed E-state index contributed by atoms with van der Waals surface area (Å²) in [5.74, 6) is 1.20. The van der Waals surface area contributed by atoms with E-state index < -0.39 is 0 Å². The predicted molar refractivity (Wildman–Crippen MR) is 99.9 cm³/mol. The van der Waals surface area contributed by atoms with Crippen LogP contribution in [0.2, 0.25) is 0 Å². The van der Waals surface area contributed by atoms with Crippen LogP contribution in [0.1, 0.15) is 16.1 Å². The van der Waals surface area contributed by atoms with Crippen molar-refractivity contribution >= 4 is 45.0 Å². The Kier molecular flexibility index (Phi) is 6.10. The second-order valence-electron chi connectivity index (χ2n) is 4.77. The first-order valence-electron chi connectivity index (χ1n) is 6.91. The fraction of sp³-hybridized carbons (Fsp3) is 0.188. The number of hydrogen-bond donors (Lipinski definition) is 2. The monoisotopic (exact) mass is 409 g/mol. The van der Waals surface area contributed by atoms with Crippen LogP contribution in [0.3, 0.4) is 0 Å². The van der Waals surface area contributed by atoms with E-state index in [9.17, 15) is 4.79 Å². The number of thiocarbonyl (C=S) groups is 1. The summed E-state index contributed by atoms with van der Waals surface area (Å²) in [5.41, 5.74) is 1.18. The normalized spacial score (nSPS) is 10.0. The summed E-state index contributed by atoms with van der Waals surface area (Å²) in [6.45, 7) is 1.86. The molecule has 24 heavy (non-hydrogen) atoms. The van der Waals surface area contributed by atoms with E-state index in [2.05, 4.69) is 31.5 Å². The molecule has 126 valence electrons. The minimum atomic E-state index is -0.376. The Labute approximate surface area is 153 Å². The Morgan fingerprint density at radius 2 is 1.79 bits per heavy atom. The van der Waals surface area contributed by atoms with Gasteiger partial charge in [0, 0.05) is 16.1 Å². The highest BCUT2D eigenvalue weighted by Gasteiger charge is 2.12. The smallest absolute Gasteiger partial charge is 0.257 e. The van der Waals surface area contributed by atoms with E-state index in [1.54, 1.807) is 24.3 Å². The molecule has 0 spiro atoms. The molecule has 2 N–H and O–H groups in total. The van der Waals surface area contributed by atoms with Crippen molar-refractivity contribution in [2.24, 2.45) is 0 Å². The van der Waals surface area contributed by atoms with Crippen molar-refractivity contribution in [2.75, 3.05) is 19.5 Å². The lowest BCUT2D eigenvalue weighted by molar-refractivity contribution is 0.0977. The third-order valence-electron chi connectivity index (χ3n) is 3.10. The maximum absolute atomic E-state index is 12.3. The number of anilines is 1. The Morgan fingerprint density at radius 1 is 1.17 bits per heavy atom. The van der Waals surface area contributed by atoms with E-state index in [1.807, 2.05) is 13.0 Å².